The number of benzene rings is 1. The molecule has 1 N–H and O–H groups in total. The van der Waals surface area contributed by atoms with E-state index >= 15 is 0 Å². The minimum atomic E-state index is -0.198. The normalized spacial score (nSPS) is 22.6. The quantitative estimate of drug-likeness (QED) is 0.869. The summed E-state index contributed by atoms with van der Waals surface area (Å²) in [6.45, 7) is 6.69. The summed E-state index contributed by atoms with van der Waals surface area (Å²) in [6.07, 6.45) is 4.55. The van der Waals surface area contributed by atoms with Gasteiger partial charge in [-0.2, -0.15) is 0 Å². The molecule has 24 heavy (non-hydrogen) atoms. The van der Waals surface area contributed by atoms with Gasteiger partial charge in [-0.3, -0.25) is 4.90 Å². The minimum absolute atomic E-state index is 0.198. The van der Waals surface area contributed by atoms with Gasteiger partial charge in [0, 0.05) is 42.4 Å². The van der Waals surface area contributed by atoms with E-state index < -0.39 is 0 Å². The van der Waals surface area contributed by atoms with Gasteiger partial charge in [0.05, 0.1) is 0 Å². The molecule has 0 amide bonds. The topological polar surface area (TPSA) is 24.5 Å². The molecule has 1 unspecified atom stereocenters. The van der Waals surface area contributed by atoms with Crippen molar-refractivity contribution < 1.29 is 9.13 Å². The van der Waals surface area contributed by atoms with E-state index in [1.54, 1.807) is 12.1 Å². The summed E-state index contributed by atoms with van der Waals surface area (Å²) in [5.74, 6) is 0.532. The maximum absolute atomic E-state index is 13.9. The Morgan fingerprint density at radius 3 is 2.62 bits per heavy atom. The van der Waals surface area contributed by atoms with Gasteiger partial charge in [0.25, 0.3) is 0 Å². The second-order valence-electron chi connectivity index (χ2n) is 7.16. The molecule has 1 aromatic rings. The lowest BCUT2D eigenvalue weighted by molar-refractivity contribution is 0.0524. The van der Waals surface area contributed by atoms with Gasteiger partial charge >= 0.3 is 0 Å². The Hall–Kier alpha value is -0.680. The van der Waals surface area contributed by atoms with Crippen LogP contribution in [0.3, 0.4) is 0 Å². The van der Waals surface area contributed by atoms with Crippen molar-refractivity contribution in [1.29, 1.82) is 0 Å². The van der Waals surface area contributed by atoms with E-state index in [1.807, 2.05) is 0 Å². The third-order valence-corrected chi connectivity index (χ3v) is 5.86. The van der Waals surface area contributed by atoms with Crippen LogP contribution >= 0.6 is 11.6 Å². The summed E-state index contributed by atoms with van der Waals surface area (Å²) in [6, 6.07) is 6.03. The Morgan fingerprint density at radius 1 is 1.25 bits per heavy atom. The van der Waals surface area contributed by atoms with Gasteiger partial charge in [0.1, 0.15) is 5.82 Å². The minimum Gasteiger partial charge on any atom is -0.381 e. The van der Waals surface area contributed by atoms with E-state index in [0.29, 0.717) is 29.2 Å². The van der Waals surface area contributed by atoms with Gasteiger partial charge < -0.3 is 10.1 Å². The first kappa shape index (κ1) is 18.1. The molecule has 1 atom stereocenters. The molecule has 2 fully saturated rings. The summed E-state index contributed by atoms with van der Waals surface area (Å²) in [5, 5.41) is 4.34. The summed E-state index contributed by atoms with van der Waals surface area (Å²) in [7, 11) is 0. The maximum Gasteiger partial charge on any atom is 0.129 e. The second kappa shape index (κ2) is 8.61. The number of piperidine rings is 1. The fraction of sp³-hybridized carbons (Fsp3) is 0.684. The van der Waals surface area contributed by atoms with Gasteiger partial charge in [-0.15, -0.1) is 0 Å². The smallest absolute Gasteiger partial charge is 0.129 e. The van der Waals surface area contributed by atoms with Gasteiger partial charge in [0.2, 0.25) is 0 Å². The molecule has 5 heteroatoms. The largest absolute Gasteiger partial charge is 0.381 e. The Labute approximate surface area is 149 Å². The molecule has 0 spiro atoms. The Kier molecular flexibility index (Phi) is 6.50. The van der Waals surface area contributed by atoms with Crippen molar-refractivity contribution >= 4 is 11.6 Å². The third kappa shape index (κ3) is 4.69. The van der Waals surface area contributed by atoms with Gasteiger partial charge in [-0.05, 0) is 63.7 Å². The predicted molar refractivity (Wildman–Crippen MR) is 95.8 cm³/mol. The number of nitrogens with one attached hydrogen (secondary N) is 1. The fourth-order valence-electron chi connectivity index (χ4n) is 3.89. The lowest BCUT2D eigenvalue weighted by Crippen LogP contribution is -2.48. The molecule has 2 aliphatic heterocycles. The zero-order chi connectivity index (χ0) is 16.9. The van der Waals surface area contributed by atoms with Crippen molar-refractivity contribution in [2.45, 2.75) is 51.2 Å². The van der Waals surface area contributed by atoms with Crippen LogP contribution in [0, 0.1) is 11.7 Å². The number of rotatable bonds is 5. The van der Waals surface area contributed by atoms with Crippen LogP contribution < -0.4 is 5.32 Å². The van der Waals surface area contributed by atoms with Crippen LogP contribution in [-0.2, 0) is 11.3 Å². The van der Waals surface area contributed by atoms with Crippen molar-refractivity contribution in [2.75, 3.05) is 26.3 Å². The molecule has 2 saturated heterocycles. The Balaban J connectivity index is 1.45. The molecule has 3 rings (SSSR count). The highest BCUT2D eigenvalue weighted by molar-refractivity contribution is 6.31. The van der Waals surface area contributed by atoms with E-state index in [9.17, 15) is 4.39 Å². The lowest BCUT2D eigenvalue weighted by atomic mass is 9.91. The molecule has 2 aliphatic rings. The summed E-state index contributed by atoms with van der Waals surface area (Å²) >= 11 is 6.14. The summed E-state index contributed by atoms with van der Waals surface area (Å²) < 4.78 is 19.4. The molecule has 2 heterocycles. The second-order valence-corrected chi connectivity index (χ2v) is 7.56. The zero-order valence-corrected chi connectivity index (χ0v) is 15.2. The Morgan fingerprint density at radius 2 is 1.96 bits per heavy atom. The van der Waals surface area contributed by atoms with Gasteiger partial charge in [-0.1, -0.05) is 17.7 Å². The number of ether oxygens (including phenoxy) is 1. The summed E-state index contributed by atoms with van der Waals surface area (Å²) in [4.78, 5) is 2.31. The van der Waals surface area contributed by atoms with Crippen molar-refractivity contribution in [2.24, 2.45) is 5.92 Å². The van der Waals surface area contributed by atoms with E-state index in [1.165, 1.54) is 18.9 Å². The number of nitrogens with zero attached hydrogens (tertiary/aromatic N) is 1. The van der Waals surface area contributed by atoms with Crippen molar-refractivity contribution in [3.05, 3.63) is 34.6 Å². The molecular formula is C19H28ClFN2O. The highest BCUT2D eigenvalue weighted by Crippen LogP contribution is 2.24. The van der Waals surface area contributed by atoms with E-state index in [4.69, 9.17) is 16.3 Å². The van der Waals surface area contributed by atoms with Crippen LogP contribution in [0.5, 0.6) is 0 Å². The van der Waals surface area contributed by atoms with E-state index in [-0.39, 0.29) is 5.82 Å². The fourth-order valence-corrected chi connectivity index (χ4v) is 4.11. The monoisotopic (exact) mass is 354 g/mol. The first-order chi connectivity index (χ1) is 11.6. The molecule has 0 bridgehead atoms. The van der Waals surface area contributed by atoms with Gasteiger partial charge in [-0.25, -0.2) is 4.39 Å². The van der Waals surface area contributed by atoms with Crippen LogP contribution in [0.25, 0.3) is 0 Å². The lowest BCUT2D eigenvalue weighted by Gasteiger charge is -2.36. The molecule has 134 valence electrons. The van der Waals surface area contributed by atoms with Gasteiger partial charge in [0.15, 0.2) is 0 Å². The standard InChI is InChI=1S/C19H28ClFN2O/c1-14(15-7-11-24-12-8-15)22-16-5-9-23(10-6-16)13-17-18(20)3-2-4-19(17)21/h2-4,14-16,22H,5-13H2,1H3. The Bertz CT molecular complexity index is 508. The van der Waals surface area contributed by atoms with E-state index in [0.717, 1.165) is 45.1 Å². The van der Waals surface area contributed by atoms with Crippen LogP contribution in [0.15, 0.2) is 18.2 Å². The van der Waals surface area contributed by atoms with Crippen molar-refractivity contribution in [3.63, 3.8) is 0 Å². The maximum atomic E-state index is 13.9. The van der Waals surface area contributed by atoms with E-state index in [2.05, 4.69) is 17.1 Å². The predicted octanol–water partition coefficient (Wildman–Crippen LogP) is 3.85. The SMILES string of the molecule is CC(NC1CCN(Cc2c(F)cccc2Cl)CC1)C1CCOCC1. The highest BCUT2D eigenvalue weighted by atomic mass is 35.5. The van der Waals surface area contributed by atoms with Crippen molar-refractivity contribution in [1.82, 2.24) is 10.2 Å². The molecule has 0 aromatic heterocycles. The molecule has 0 saturated carbocycles. The van der Waals surface area contributed by atoms with Crippen LogP contribution in [0.4, 0.5) is 4.39 Å². The highest BCUT2D eigenvalue weighted by Gasteiger charge is 2.25. The van der Waals surface area contributed by atoms with Crippen LogP contribution in [0.2, 0.25) is 5.02 Å². The van der Waals surface area contributed by atoms with Crippen LogP contribution in [0.1, 0.15) is 38.2 Å². The molecule has 3 nitrogen and oxygen atoms in total. The molecule has 0 radical (unpaired) electrons. The molecule has 1 aromatic carbocycles. The first-order valence-corrected chi connectivity index (χ1v) is 9.50. The van der Waals surface area contributed by atoms with Crippen LogP contribution in [-0.4, -0.2) is 43.3 Å². The molecule has 0 aliphatic carbocycles. The first-order valence-electron chi connectivity index (χ1n) is 9.12. The number of likely N-dealkylation sites (tertiary alicyclic amines) is 1. The molecular weight excluding hydrogens is 327 g/mol. The zero-order valence-electron chi connectivity index (χ0n) is 14.4. The average molecular weight is 355 g/mol. The summed E-state index contributed by atoms with van der Waals surface area (Å²) in [5.41, 5.74) is 0.626. The third-order valence-electron chi connectivity index (χ3n) is 5.50. The van der Waals surface area contributed by atoms with Crippen molar-refractivity contribution in [3.8, 4) is 0 Å². The number of hydrogen-bond donors (Lipinski definition) is 1. The average Bonchev–Trinajstić information content (AvgIpc) is 2.60. The number of halogens is 2. The number of hydrogen-bond acceptors (Lipinski definition) is 3.